The van der Waals surface area contributed by atoms with E-state index in [0.717, 1.165) is 36.3 Å². The normalized spacial score (nSPS) is 17.8. The molecule has 1 aromatic carbocycles. The van der Waals surface area contributed by atoms with E-state index in [1.807, 2.05) is 6.92 Å². The topological polar surface area (TPSA) is 72.5 Å². The summed E-state index contributed by atoms with van der Waals surface area (Å²) in [5, 5.41) is 2.80. The maximum atomic E-state index is 12.6. The van der Waals surface area contributed by atoms with Gasteiger partial charge in [-0.1, -0.05) is 17.7 Å². The Bertz CT molecular complexity index is 819. The Morgan fingerprint density at radius 2 is 2.00 bits per heavy atom. The Morgan fingerprint density at radius 1 is 1.25 bits per heavy atom. The number of rotatable bonds is 5. The lowest BCUT2D eigenvalue weighted by atomic mass is 10.2. The van der Waals surface area contributed by atoms with E-state index < -0.39 is 9.84 Å². The number of thiophene rings is 1. The van der Waals surface area contributed by atoms with Gasteiger partial charge < -0.3 is 10.1 Å². The van der Waals surface area contributed by atoms with Gasteiger partial charge in [0, 0.05) is 13.2 Å². The van der Waals surface area contributed by atoms with Crippen LogP contribution in [0, 0.1) is 6.92 Å². The first kappa shape index (κ1) is 17.1. The van der Waals surface area contributed by atoms with Crippen LogP contribution in [0.2, 0.25) is 0 Å². The van der Waals surface area contributed by atoms with Gasteiger partial charge in [-0.15, -0.1) is 11.3 Å². The molecule has 24 heavy (non-hydrogen) atoms. The van der Waals surface area contributed by atoms with Gasteiger partial charge in [-0.3, -0.25) is 4.79 Å². The minimum Gasteiger partial charge on any atom is -0.376 e. The minimum atomic E-state index is -3.59. The van der Waals surface area contributed by atoms with Crippen molar-refractivity contribution in [1.29, 1.82) is 0 Å². The summed E-state index contributed by atoms with van der Waals surface area (Å²) < 4.78 is 30.8. The van der Waals surface area contributed by atoms with Crippen LogP contribution in [-0.2, 0) is 14.6 Å². The van der Waals surface area contributed by atoms with Crippen LogP contribution in [0.1, 0.15) is 28.1 Å². The van der Waals surface area contributed by atoms with Crippen LogP contribution in [0.3, 0.4) is 0 Å². The summed E-state index contributed by atoms with van der Waals surface area (Å²) >= 11 is 0.989. The molecule has 1 aromatic heterocycles. The maximum Gasteiger partial charge on any atom is 0.261 e. The molecule has 1 N–H and O–H groups in total. The number of carbonyl (C=O) groups excluding carboxylic acids is 1. The number of nitrogens with one attached hydrogen (secondary N) is 1. The second-order valence-electron chi connectivity index (χ2n) is 5.78. The summed E-state index contributed by atoms with van der Waals surface area (Å²) in [6, 6.07) is 9.73. The van der Waals surface area contributed by atoms with Crippen molar-refractivity contribution in [3.8, 4) is 0 Å². The molecule has 0 aliphatic carbocycles. The zero-order valence-electron chi connectivity index (χ0n) is 13.3. The Balaban J connectivity index is 1.72. The third kappa shape index (κ3) is 3.68. The molecule has 3 rings (SSSR count). The van der Waals surface area contributed by atoms with Crippen molar-refractivity contribution < 1.29 is 17.9 Å². The third-order valence-corrected chi connectivity index (χ3v) is 7.26. The Labute approximate surface area is 145 Å². The second kappa shape index (κ2) is 7.04. The largest absolute Gasteiger partial charge is 0.376 e. The summed E-state index contributed by atoms with van der Waals surface area (Å²) in [6.07, 6.45) is 2.01. The van der Waals surface area contributed by atoms with E-state index in [1.54, 1.807) is 30.3 Å². The summed E-state index contributed by atoms with van der Waals surface area (Å²) in [7, 11) is -3.59. The quantitative estimate of drug-likeness (QED) is 0.884. The van der Waals surface area contributed by atoms with Gasteiger partial charge in [0.05, 0.1) is 15.9 Å². The number of hydrogen-bond acceptors (Lipinski definition) is 5. The molecular weight excluding hydrogens is 346 g/mol. The van der Waals surface area contributed by atoms with E-state index in [2.05, 4.69) is 5.32 Å². The van der Waals surface area contributed by atoms with Gasteiger partial charge in [-0.2, -0.15) is 0 Å². The summed E-state index contributed by atoms with van der Waals surface area (Å²) in [5.74, 6) is -0.263. The summed E-state index contributed by atoms with van der Waals surface area (Å²) in [6.45, 7) is 3.09. The fourth-order valence-corrected chi connectivity index (χ4v) is 5.14. The highest BCUT2D eigenvalue weighted by Gasteiger charge is 2.22. The molecule has 7 heteroatoms. The van der Waals surface area contributed by atoms with Gasteiger partial charge in [0.15, 0.2) is 0 Å². The van der Waals surface area contributed by atoms with Crippen molar-refractivity contribution in [3.63, 3.8) is 0 Å². The van der Waals surface area contributed by atoms with Crippen LogP contribution in [0.25, 0.3) is 0 Å². The molecule has 128 valence electrons. The van der Waals surface area contributed by atoms with E-state index in [1.165, 1.54) is 6.07 Å². The van der Waals surface area contributed by atoms with Gasteiger partial charge in [-0.25, -0.2) is 8.42 Å². The second-order valence-corrected chi connectivity index (χ2v) is 9.04. The first-order valence-electron chi connectivity index (χ1n) is 7.78. The number of hydrogen-bond donors (Lipinski definition) is 1. The molecule has 5 nitrogen and oxygen atoms in total. The Morgan fingerprint density at radius 3 is 2.67 bits per heavy atom. The van der Waals surface area contributed by atoms with E-state index in [9.17, 15) is 13.2 Å². The number of carbonyl (C=O) groups is 1. The zero-order chi connectivity index (χ0) is 17.2. The standard InChI is InChI=1S/C17H19NO4S2/c1-12-4-6-14(7-5-12)24(20,21)16-9-8-15(23-16)17(19)18-11-13-3-2-10-22-13/h4-9,13H,2-3,10-11H2,1H3,(H,18,19). The van der Waals surface area contributed by atoms with Crippen LogP contribution in [0.15, 0.2) is 45.5 Å². The fourth-order valence-electron chi connectivity index (χ4n) is 2.52. The molecule has 1 fully saturated rings. The SMILES string of the molecule is Cc1ccc(S(=O)(=O)c2ccc(C(=O)NCC3CCCO3)s2)cc1. The molecular formula is C17H19NO4S2. The maximum absolute atomic E-state index is 12.6. The minimum absolute atomic E-state index is 0.0599. The lowest BCUT2D eigenvalue weighted by Gasteiger charge is -2.09. The number of aryl methyl sites for hydroxylation is 1. The molecule has 1 saturated heterocycles. The van der Waals surface area contributed by atoms with Gasteiger partial charge in [0.25, 0.3) is 5.91 Å². The summed E-state index contributed by atoms with van der Waals surface area (Å²) in [5.41, 5.74) is 0.995. The van der Waals surface area contributed by atoms with E-state index >= 15 is 0 Å². The molecule has 0 spiro atoms. The highest BCUT2D eigenvalue weighted by atomic mass is 32.2. The number of sulfone groups is 1. The number of benzene rings is 1. The number of ether oxygens (including phenoxy) is 1. The lowest BCUT2D eigenvalue weighted by molar-refractivity contribution is 0.0861. The predicted molar refractivity (Wildman–Crippen MR) is 92.3 cm³/mol. The van der Waals surface area contributed by atoms with Crippen LogP contribution in [0.5, 0.6) is 0 Å². The van der Waals surface area contributed by atoms with Crippen molar-refractivity contribution in [2.45, 2.75) is 35.0 Å². The monoisotopic (exact) mass is 365 g/mol. The van der Waals surface area contributed by atoms with Crippen molar-refractivity contribution in [2.24, 2.45) is 0 Å². The van der Waals surface area contributed by atoms with Gasteiger partial charge in [0.1, 0.15) is 4.21 Å². The molecule has 1 atom stereocenters. The molecule has 1 aliphatic heterocycles. The molecule has 0 radical (unpaired) electrons. The molecule has 2 aromatic rings. The van der Waals surface area contributed by atoms with Crippen LogP contribution in [-0.4, -0.2) is 33.6 Å². The first-order valence-corrected chi connectivity index (χ1v) is 10.1. The highest BCUT2D eigenvalue weighted by Crippen LogP contribution is 2.28. The van der Waals surface area contributed by atoms with Gasteiger partial charge in [-0.05, 0) is 44.0 Å². The van der Waals surface area contributed by atoms with E-state index in [0.29, 0.717) is 11.4 Å². The molecule has 0 saturated carbocycles. The zero-order valence-corrected chi connectivity index (χ0v) is 15.0. The van der Waals surface area contributed by atoms with Crippen LogP contribution in [0.4, 0.5) is 0 Å². The molecule has 1 aliphatic rings. The van der Waals surface area contributed by atoms with Crippen molar-refractivity contribution in [3.05, 3.63) is 46.8 Å². The fraction of sp³-hybridized carbons (Fsp3) is 0.353. The highest BCUT2D eigenvalue weighted by molar-refractivity contribution is 7.93. The first-order chi connectivity index (χ1) is 11.5. The predicted octanol–water partition coefficient (Wildman–Crippen LogP) is 2.80. The van der Waals surface area contributed by atoms with Crippen molar-refractivity contribution in [1.82, 2.24) is 5.32 Å². The Kier molecular flexibility index (Phi) is 5.03. The molecule has 1 unspecified atom stereocenters. The van der Waals surface area contributed by atoms with Gasteiger partial charge >= 0.3 is 0 Å². The van der Waals surface area contributed by atoms with Crippen LogP contribution < -0.4 is 5.32 Å². The Hall–Kier alpha value is -1.70. The lowest BCUT2D eigenvalue weighted by Crippen LogP contribution is -2.31. The van der Waals surface area contributed by atoms with E-state index in [4.69, 9.17) is 4.74 Å². The van der Waals surface area contributed by atoms with Gasteiger partial charge in [0.2, 0.25) is 9.84 Å². The van der Waals surface area contributed by atoms with E-state index in [-0.39, 0.29) is 21.1 Å². The number of amides is 1. The third-order valence-electron chi connectivity index (χ3n) is 3.92. The van der Waals surface area contributed by atoms with Crippen LogP contribution >= 0.6 is 11.3 Å². The van der Waals surface area contributed by atoms with Crippen molar-refractivity contribution in [2.75, 3.05) is 13.2 Å². The molecule has 2 heterocycles. The smallest absolute Gasteiger partial charge is 0.261 e. The van der Waals surface area contributed by atoms with Crippen molar-refractivity contribution >= 4 is 27.1 Å². The molecule has 1 amide bonds. The molecule has 0 bridgehead atoms. The average molecular weight is 365 g/mol. The summed E-state index contributed by atoms with van der Waals surface area (Å²) in [4.78, 5) is 12.8. The average Bonchev–Trinajstić information content (AvgIpc) is 3.25.